The Morgan fingerprint density at radius 2 is 1.54 bits per heavy atom. The fraction of sp³-hybridized carbons (Fsp3) is 0.278. The van der Waals surface area contributed by atoms with Gasteiger partial charge in [0.25, 0.3) is 5.91 Å². The minimum Gasteiger partial charge on any atom is -0.482 e. The molecule has 1 aliphatic heterocycles. The lowest BCUT2D eigenvalue weighted by Crippen LogP contribution is -2.51. The average molecular weight is 464 g/mol. The second-order valence-electron chi connectivity index (χ2n) is 6.10. The minimum atomic E-state index is -3.62. The second-order valence-corrected chi connectivity index (χ2v) is 9.32. The number of hydrogen-bond acceptors (Lipinski definition) is 4. The van der Waals surface area contributed by atoms with Gasteiger partial charge >= 0.3 is 0 Å². The highest BCUT2D eigenvalue weighted by molar-refractivity contribution is 7.89. The number of rotatable bonds is 5. The molecule has 150 valence electrons. The molecule has 0 spiro atoms. The third-order valence-electron chi connectivity index (χ3n) is 4.29. The van der Waals surface area contributed by atoms with Gasteiger partial charge in [-0.25, -0.2) is 8.42 Å². The number of amides is 1. The van der Waals surface area contributed by atoms with E-state index >= 15 is 0 Å². The van der Waals surface area contributed by atoms with Gasteiger partial charge in [-0.2, -0.15) is 4.31 Å². The normalized spacial score (nSPS) is 15.5. The van der Waals surface area contributed by atoms with Crippen LogP contribution in [0.3, 0.4) is 0 Å². The van der Waals surface area contributed by atoms with Gasteiger partial charge in [-0.05, 0) is 42.5 Å². The summed E-state index contributed by atoms with van der Waals surface area (Å²) >= 11 is 17.7. The van der Waals surface area contributed by atoms with Gasteiger partial charge in [0, 0.05) is 36.2 Å². The molecule has 10 heteroatoms. The van der Waals surface area contributed by atoms with Crippen molar-refractivity contribution in [2.24, 2.45) is 0 Å². The number of piperazine rings is 1. The monoisotopic (exact) mass is 462 g/mol. The number of carbonyl (C=O) groups excluding carboxylic acids is 1. The van der Waals surface area contributed by atoms with E-state index in [1.807, 2.05) is 0 Å². The highest BCUT2D eigenvalue weighted by atomic mass is 35.5. The quantitative estimate of drug-likeness (QED) is 0.680. The van der Waals surface area contributed by atoms with E-state index < -0.39 is 10.0 Å². The Hall–Kier alpha value is -1.51. The van der Waals surface area contributed by atoms with E-state index in [-0.39, 0.29) is 43.6 Å². The van der Waals surface area contributed by atoms with Gasteiger partial charge in [-0.3, -0.25) is 4.79 Å². The van der Waals surface area contributed by atoms with Gasteiger partial charge in [0.15, 0.2) is 6.61 Å². The maximum atomic E-state index is 12.7. The number of ether oxygens (including phenoxy) is 1. The van der Waals surface area contributed by atoms with Gasteiger partial charge in [0.2, 0.25) is 10.0 Å². The lowest BCUT2D eigenvalue weighted by Gasteiger charge is -2.34. The van der Waals surface area contributed by atoms with Gasteiger partial charge in [-0.15, -0.1) is 0 Å². The lowest BCUT2D eigenvalue weighted by atomic mass is 10.3. The van der Waals surface area contributed by atoms with Crippen LogP contribution < -0.4 is 4.74 Å². The molecule has 28 heavy (non-hydrogen) atoms. The summed E-state index contributed by atoms with van der Waals surface area (Å²) in [7, 11) is -3.62. The van der Waals surface area contributed by atoms with Crippen molar-refractivity contribution >= 4 is 50.7 Å². The predicted molar refractivity (Wildman–Crippen MR) is 109 cm³/mol. The Morgan fingerprint density at radius 1 is 0.929 bits per heavy atom. The summed E-state index contributed by atoms with van der Waals surface area (Å²) < 4.78 is 32.2. The molecule has 0 unspecified atom stereocenters. The standard InChI is InChI=1S/C18H17Cl3N2O4S/c19-13-1-4-15(5-2-13)28(25,26)23-9-7-22(8-10-23)18(24)12-27-17-6-3-14(20)11-16(17)21/h1-6,11H,7-10,12H2. The highest BCUT2D eigenvalue weighted by Gasteiger charge is 2.30. The number of nitrogens with zero attached hydrogens (tertiary/aromatic N) is 2. The number of halogens is 3. The van der Waals surface area contributed by atoms with Gasteiger partial charge in [0.05, 0.1) is 9.92 Å². The molecule has 0 aromatic heterocycles. The first kappa shape index (κ1) is 21.2. The predicted octanol–water partition coefficient (Wildman–Crippen LogP) is 3.56. The zero-order valence-electron chi connectivity index (χ0n) is 14.6. The van der Waals surface area contributed by atoms with E-state index in [4.69, 9.17) is 39.5 Å². The number of carbonyl (C=O) groups is 1. The first-order valence-corrected chi connectivity index (χ1v) is 11.0. The molecule has 1 fully saturated rings. The fourth-order valence-electron chi connectivity index (χ4n) is 2.76. The SMILES string of the molecule is O=C(COc1ccc(Cl)cc1Cl)N1CCN(S(=O)(=O)c2ccc(Cl)cc2)CC1. The first-order valence-electron chi connectivity index (χ1n) is 8.39. The molecular formula is C18H17Cl3N2O4S. The van der Waals surface area contributed by atoms with E-state index in [2.05, 4.69) is 0 Å². The number of hydrogen-bond donors (Lipinski definition) is 0. The zero-order valence-corrected chi connectivity index (χ0v) is 17.7. The fourth-order valence-corrected chi connectivity index (χ4v) is 4.77. The number of benzene rings is 2. The topological polar surface area (TPSA) is 66.9 Å². The Balaban J connectivity index is 1.55. The van der Waals surface area contributed by atoms with E-state index in [9.17, 15) is 13.2 Å². The summed E-state index contributed by atoms with van der Waals surface area (Å²) in [6.45, 7) is 0.787. The van der Waals surface area contributed by atoms with Crippen molar-refractivity contribution in [3.05, 3.63) is 57.5 Å². The van der Waals surface area contributed by atoms with Crippen LogP contribution in [0.25, 0.3) is 0 Å². The van der Waals surface area contributed by atoms with Gasteiger partial charge in [-0.1, -0.05) is 34.8 Å². The molecule has 1 amide bonds. The molecular weight excluding hydrogens is 447 g/mol. The zero-order chi connectivity index (χ0) is 20.3. The van der Waals surface area contributed by atoms with Crippen LogP contribution in [0, 0.1) is 0 Å². The van der Waals surface area contributed by atoms with Gasteiger partial charge < -0.3 is 9.64 Å². The third-order valence-corrected chi connectivity index (χ3v) is 6.98. The van der Waals surface area contributed by atoms with Crippen LogP contribution in [0.4, 0.5) is 0 Å². The molecule has 3 rings (SSSR count). The summed E-state index contributed by atoms with van der Waals surface area (Å²) in [6.07, 6.45) is 0. The Bertz CT molecular complexity index is 959. The molecule has 0 N–H and O–H groups in total. The first-order chi connectivity index (χ1) is 13.3. The highest BCUT2D eigenvalue weighted by Crippen LogP contribution is 2.27. The van der Waals surface area contributed by atoms with Crippen molar-refractivity contribution in [1.82, 2.24) is 9.21 Å². The molecule has 2 aromatic rings. The van der Waals surface area contributed by atoms with E-state index in [0.717, 1.165) is 0 Å². The Labute approximate surface area is 178 Å². The van der Waals surface area contributed by atoms with Crippen LogP contribution in [-0.2, 0) is 14.8 Å². The van der Waals surface area contributed by atoms with Crippen LogP contribution in [-0.4, -0.2) is 56.3 Å². The van der Waals surface area contributed by atoms with Crippen LogP contribution in [0.5, 0.6) is 5.75 Å². The van der Waals surface area contributed by atoms with Crippen molar-refractivity contribution in [2.75, 3.05) is 32.8 Å². The average Bonchev–Trinajstić information content (AvgIpc) is 2.67. The molecule has 0 atom stereocenters. The molecule has 1 saturated heterocycles. The van der Waals surface area contributed by atoms with Crippen molar-refractivity contribution < 1.29 is 17.9 Å². The maximum Gasteiger partial charge on any atom is 0.260 e. The summed E-state index contributed by atoms with van der Waals surface area (Å²) in [6, 6.07) is 10.8. The lowest BCUT2D eigenvalue weighted by molar-refractivity contribution is -0.134. The third kappa shape index (κ3) is 4.90. The van der Waals surface area contributed by atoms with Crippen LogP contribution in [0.2, 0.25) is 15.1 Å². The minimum absolute atomic E-state index is 0.178. The van der Waals surface area contributed by atoms with Crippen molar-refractivity contribution in [3.63, 3.8) is 0 Å². The van der Waals surface area contributed by atoms with E-state index in [0.29, 0.717) is 20.8 Å². The summed E-state index contributed by atoms with van der Waals surface area (Å²) in [5.74, 6) is 0.123. The Kier molecular flexibility index (Phi) is 6.73. The van der Waals surface area contributed by atoms with E-state index in [1.165, 1.54) is 34.6 Å². The largest absolute Gasteiger partial charge is 0.482 e. The molecule has 0 aliphatic carbocycles. The molecule has 2 aromatic carbocycles. The smallest absolute Gasteiger partial charge is 0.260 e. The molecule has 0 saturated carbocycles. The van der Waals surface area contributed by atoms with Crippen molar-refractivity contribution in [2.45, 2.75) is 4.90 Å². The molecule has 6 nitrogen and oxygen atoms in total. The van der Waals surface area contributed by atoms with Gasteiger partial charge in [0.1, 0.15) is 5.75 Å². The van der Waals surface area contributed by atoms with Crippen molar-refractivity contribution in [1.29, 1.82) is 0 Å². The summed E-state index contributed by atoms with van der Waals surface area (Å²) in [4.78, 5) is 14.1. The summed E-state index contributed by atoms with van der Waals surface area (Å²) in [5.41, 5.74) is 0. The maximum absolute atomic E-state index is 12.7. The van der Waals surface area contributed by atoms with Crippen LogP contribution in [0.15, 0.2) is 47.4 Å². The van der Waals surface area contributed by atoms with E-state index in [1.54, 1.807) is 17.0 Å². The Morgan fingerprint density at radius 3 is 2.14 bits per heavy atom. The molecule has 0 radical (unpaired) electrons. The molecule has 0 bridgehead atoms. The van der Waals surface area contributed by atoms with Crippen molar-refractivity contribution in [3.8, 4) is 5.75 Å². The van der Waals surface area contributed by atoms with Crippen LogP contribution in [0.1, 0.15) is 0 Å². The second kappa shape index (κ2) is 8.88. The number of sulfonamides is 1. The molecule has 1 heterocycles. The summed E-state index contributed by atoms with van der Waals surface area (Å²) in [5, 5.41) is 1.26. The molecule has 1 aliphatic rings. The van der Waals surface area contributed by atoms with Crippen LogP contribution >= 0.6 is 34.8 Å².